The monoisotopic (exact) mass is 339 g/mol. The van der Waals surface area contributed by atoms with E-state index in [-0.39, 0.29) is 22.8 Å². The quantitative estimate of drug-likeness (QED) is 0.684. The number of hydrogen-bond acceptors (Lipinski definition) is 2. The number of carbonyl (C=O) groups is 1. The van der Waals surface area contributed by atoms with Crippen LogP contribution in [-0.2, 0) is 4.79 Å². The zero-order valence-corrected chi connectivity index (χ0v) is 17.1. The lowest BCUT2D eigenvalue weighted by atomic mass is 9.58. The van der Waals surface area contributed by atoms with Crippen molar-refractivity contribution in [1.29, 1.82) is 0 Å². The fraction of sp³-hybridized carbons (Fsp3) is 0.952. The van der Waals surface area contributed by atoms with Crippen molar-refractivity contribution in [2.45, 2.75) is 93.1 Å². The third-order valence-electron chi connectivity index (χ3n) is 5.86. The second kappa shape index (κ2) is 8.69. The molecule has 2 unspecified atom stereocenters. The first-order chi connectivity index (χ1) is 11.0. The molecule has 0 bridgehead atoms. The van der Waals surface area contributed by atoms with E-state index in [0.29, 0.717) is 24.2 Å². The minimum atomic E-state index is -0.236. The van der Waals surface area contributed by atoms with Crippen LogP contribution >= 0.6 is 0 Å². The van der Waals surface area contributed by atoms with Crippen molar-refractivity contribution >= 4 is 5.91 Å². The minimum absolute atomic E-state index is 0.102. The maximum absolute atomic E-state index is 12.0. The lowest BCUT2D eigenvalue weighted by molar-refractivity contribution is -0.122. The molecule has 1 aliphatic carbocycles. The molecule has 2 N–H and O–H groups in total. The van der Waals surface area contributed by atoms with Gasteiger partial charge in [-0.15, -0.1) is 0 Å². The summed E-state index contributed by atoms with van der Waals surface area (Å²) in [5, 5.41) is 14.0. The van der Waals surface area contributed by atoms with E-state index in [1.165, 1.54) is 0 Å². The molecular formula is C21H41NO2. The molecule has 0 aromatic rings. The second-order valence-electron chi connectivity index (χ2n) is 10.0. The molecule has 1 saturated carbocycles. The van der Waals surface area contributed by atoms with Crippen molar-refractivity contribution in [3.8, 4) is 0 Å². The Morgan fingerprint density at radius 1 is 1.04 bits per heavy atom. The van der Waals surface area contributed by atoms with Gasteiger partial charge >= 0.3 is 0 Å². The van der Waals surface area contributed by atoms with Crippen LogP contribution < -0.4 is 5.32 Å². The van der Waals surface area contributed by atoms with E-state index in [2.05, 4.69) is 53.8 Å². The fourth-order valence-electron chi connectivity index (χ4n) is 4.17. The highest BCUT2D eigenvalue weighted by atomic mass is 16.3. The van der Waals surface area contributed by atoms with Crippen molar-refractivity contribution in [3.63, 3.8) is 0 Å². The average molecular weight is 340 g/mol. The first kappa shape index (κ1) is 21.5. The molecule has 3 heteroatoms. The lowest BCUT2D eigenvalue weighted by Gasteiger charge is -2.49. The molecule has 0 aromatic carbocycles. The van der Waals surface area contributed by atoms with Gasteiger partial charge in [0, 0.05) is 13.0 Å². The lowest BCUT2D eigenvalue weighted by Crippen LogP contribution is -2.47. The third kappa shape index (κ3) is 6.38. The van der Waals surface area contributed by atoms with Gasteiger partial charge in [0.15, 0.2) is 0 Å². The van der Waals surface area contributed by atoms with E-state index in [0.717, 1.165) is 38.6 Å². The van der Waals surface area contributed by atoms with E-state index in [4.69, 9.17) is 0 Å². The molecule has 0 saturated heterocycles. The number of nitrogens with one attached hydrogen (secondary N) is 1. The highest BCUT2D eigenvalue weighted by Gasteiger charge is 2.45. The molecule has 0 heterocycles. The molecule has 1 amide bonds. The van der Waals surface area contributed by atoms with E-state index in [1.807, 2.05) is 0 Å². The maximum atomic E-state index is 12.0. The topological polar surface area (TPSA) is 49.3 Å². The van der Waals surface area contributed by atoms with E-state index in [9.17, 15) is 9.90 Å². The van der Waals surface area contributed by atoms with Crippen LogP contribution in [0, 0.1) is 28.6 Å². The summed E-state index contributed by atoms with van der Waals surface area (Å²) in [5.74, 6) is 1.35. The maximum Gasteiger partial charge on any atom is 0.220 e. The highest BCUT2D eigenvalue weighted by molar-refractivity contribution is 5.75. The average Bonchev–Trinajstić information content (AvgIpc) is 2.44. The van der Waals surface area contributed by atoms with Crippen LogP contribution in [0.15, 0.2) is 0 Å². The van der Waals surface area contributed by atoms with Crippen LogP contribution in [0.4, 0.5) is 0 Å². The third-order valence-corrected chi connectivity index (χ3v) is 5.86. The van der Waals surface area contributed by atoms with Crippen LogP contribution in [0.2, 0.25) is 0 Å². The summed E-state index contributed by atoms with van der Waals surface area (Å²) in [6.45, 7) is 16.4. The number of aliphatic hydroxyl groups is 1. The SMILES string of the molecule is CCCCNC(=O)CCC1CC(C(C)(C)C)C(O)C(C(C)(C)C)C1. The van der Waals surface area contributed by atoms with Crippen molar-refractivity contribution in [1.82, 2.24) is 5.32 Å². The Morgan fingerprint density at radius 3 is 1.96 bits per heavy atom. The van der Waals surface area contributed by atoms with Gasteiger partial charge in [0.2, 0.25) is 5.91 Å². The van der Waals surface area contributed by atoms with E-state index < -0.39 is 0 Å². The second-order valence-corrected chi connectivity index (χ2v) is 10.0. The van der Waals surface area contributed by atoms with Gasteiger partial charge in [-0.1, -0.05) is 54.9 Å². The zero-order valence-electron chi connectivity index (χ0n) is 17.1. The number of hydrogen-bond donors (Lipinski definition) is 2. The smallest absolute Gasteiger partial charge is 0.220 e. The van der Waals surface area contributed by atoms with Crippen molar-refractivity contribution in [2.24, 2.45) is 28.6 Å². The van der Waals surface area contributed by atoms with Crippen LogP contribution in [-0.4, -0.2) is 23.7 Å². The van der Waals surface area contributed by atoms with Gasteiger partial charge in [0.05, 0.1) is 6.10 Å². The summed E-state index contributed by atoms with van der Waals surface area (Å²) < 4.78 is 0. The first-order valence-corrected chi connectivity index (χ1v) is 9.91. The molecule has 0 aliphatic heterocycles. The number of unbranched alkanes of at least 4 members (excludes halogenated alkanes) is 1. The molecule has 142 valence electrons. The Balaban J connectivity index is 2.68. The molecule has 0 aromatic heterocycles. The summed E-state index contributed by atoms with van der Waals surface area (Å²) in [6.07, 6.45) is 5.58. The minimum Gasteiger partial charge on any atom is -0.393 e. The summed E-state index contributed by atoms with van der Waals surface area (Å²) in [5.41, 5.74) is 0.204. The normalized spacial score (nSPS) is 28.7. The van der Waals surface area contributed by atoms with Crippen molar-refractivity contribution in [3.05, 3.63) is 0 Å². The molecule has 1 rings (SSSR count). The van der Waals surface area contributed by atoms with Gasteiger partial charge in [-0.25, -0.2) is 0 Å². The van der Waals surface area contributed by atoms with Crippen LogP contribution in [0.3, 0.4) is 0 Å². The summed E-state index contributed by atoms with van der Waals surface area (Å²) in [4.78, 5) is 12.0. The molecule has 2 atom stereocenters. The van der Waals surface area contributed by atoms with Gasteiger partial charge in [0.25, 0.3) is 0 Å². The van der Waals surface area contributed by atoms with Crippen LogP contribution in [0.1, 0.15) is 87.0 Å². The van der Waals surface area contributed by atoms with Gasteiger partial charge in [-0.3, -0.25) is 4.79 Å². The summed E-state index contributed by atoms with van der Waals surface area (Å²) >= 11 is 0. The molecule has 0 spiro atoms. The van der Waals surface area contributed by atoms with Crippen molar-refractivity contribution in [2.75, 3.05) is 6.54 Å². The Morgan fingerprint density at radius 2 is 1.54 bits per heavy atom. The van der Waals surface area contributed by atoms with Gasteiger partial charge in [0.1, 0.15) is 0 Å². The fourth-order valence-corrected chi connectivity index (χ4v) is 4.17. The molecule has 24 heavy (non-hydrogen) atoms. The number of rotatable bonds is 6. The molecule has 1 aliphatic rings. The number of carbonyl (C=O) groups excluding carboxylic acids is 1. The first-order valence-electron chi connectivity index (χ1n) is 9.91. The van der Waals surface area contributed by atoms with Crippen molar-refractivity contribution < 1.29 is 9.90 Å². The van der Waals surface area contributed by atoms with Gasteiger partial charge in [-0.05, 0) is 54.3 Å². The van der Waals surface area contributed by atoms with E-state index >= 15 is 0 Å². The molecular weight excluding hydrogens is 298 g/mol. The summed E-state index contributed by atoms with van der Waals surface area (Å²) in [7, 11) is 0. The van der Waals surface area contributed by atoms with Gasteiger partial charge < -0.3 is 10.4 Å². The predicted molar refractivity (Wildman–Crippen MR) is 102 cm³/mol. The Labute approximate surface area is 150 Å². The van der Waals surface area contributed by atoms with E-state index in [1.54, 1.807) is 0 Å². The highest BCUT2D eigenvalue weighted by Crippen LogP contribution is 2.49. The molecule has 3 nitrogen and oxygen atoms in total. The Kier molecular flexibility index (Phi) is 7.77. The number of aliphatic hydroxyl groups excluding tert-OH is 1. The predicted octanol–water partition coefficient (Wildman–Crippen LogP) is 4.78. The largest absolute Gasteiger partial charge is 0.393 e. The van der Waals surface area contributed by atoms with Gasteiger partial charge in [-0.2, -0.15) is 0 Å². The molecule has 0 radical (unpaired) electrons. The Bertz CT molecular complexity index is 368. The van der Waals surface area contributed by atoms with Crippen LogP contribution in [0.25, 0.3) is 0 Å². The molecule has 1 fully saturated rings. The Hall–Kier alpha value is -0.570. The van der Waals surface area contributed by atoms with Crippen LogP contribution in [0.5, 0.6) is 0 Å². The zero-order chi connectivity index (χ0) is 18.5. The standard InChI is InChI=1S/C21H41NO2/c1-8-9-12-22-18(23)11-10-15-13-16(20(2,3)4)19(24)17(14-15)21(5,6)7/h15-17,19,24H,8-14H2,1-7H3,(H,22,23). The number of amides is 1. The summed E-state index contributed by atoms with van der Waals surface area (Å²) in [6, 6.07) is 0.